The fourth-order valence-electron chi connectivity index (χ4n) is 2.03. The predicted molar refractivity (Wildman–Crippen MR) is 95.9 cm³/mol. The van der Waals surface area contributed by atoms with Gasteiger partial charge in [-0.1, -0.05) is 12.1 Å². The van der Waals surface area contributed by atoms with Crippen molar-refractivity contribution in [3.63, 3.8) is 0 Å². The average Bonchev–Trinajstić information content (AvgIpc) is 2.83. The van der Waals surface area contributed by atoms with Gasteiger partial charge in [-0.25, -0.2) is 0 Å². The van der Waals surface area contributed by atoms with Gasteiger partial charge in [-0.15, -0.1) is 0 Å². The summed E-state index contributed by atoms with van der Waals surface area (Å²) in [5, 5.41) is 11.5. The van der Waals surface area contributed by atoms with Crippen LogP contribution < -0.4 is 5.32 Å². The van der Waals surface area contributed by atoms with Gasteiger partial charge >= 0.3 is 5.97 Å². The maximum atomic E-state index is 12.3. The molecule has 0 saturated heterocycles. The lowest BCUT2D eigenvalue weighted by molar-refractivity contribution is -0.136. The number of nitrogens with one attached hydrogen (secondary N) is 1. The van der Waals surface area contributed by atoms with Gasteiger partial charge in [0.2, 0.25) is 0 Å². The van der Waals surface area contributed by atoms with Crippen LogP contribution >= 0.6 is 27.7 Å². The van der Waals surface area contributed by atoms with Gasteiger partial charge in [0.1, 0.15) is 5.69 Å². The summed E-state index contributed by atoms with van der Waals surface area (Å²) in [5.74, 6) is 0.330. The number of rotatable bonds is 7. The molecule has 1 heterocycles. The number of nitrogens with zero attached hydrogens (tertiary/aromatic N) is 1. The number of halogens is 1. The molecule has 0 unspecified atom stereocenters. The maximum absolute atomic E-state index is 12.3. The second-order valence-electron chi connectivity index (χ2n) is 5.01. The first-order valence-electron chi connectivity index (χ1n) is 6.97. The number of anilines is 1. The first-order valence-corrected chi connectivity index (χ1v) is 8.92. The molecule has 2 N–H and O–H groups in total. The zero-order valence-electron chi connectivity index (χ0n) is 12.6. The Hall–Kier alpha value is -1.73. The lowest BCUT2D eigenvalue weighted by Crippen LogP contribution is -2.15. The van der Waals surface area contributed by atoms with Crippen LogP contribution in [0.4, 0.5) is 5.69 Å². The predicted octanol–water partition coefficient (Wildman–Crippen LogP) is 3.75. The van der Waals surface area contributed by atoms with Gasteiger partial charge in [0.15, 0.2) is 0 Å². The van der Waals surface area contributed by atoms with Gasteiger partial charge in [0.05, 0.1) is 6.42 Å². The minimum absolute atomic E-state index is 0.156. The Morgan fingerprint density at radius 1 is 1.35 bits per heavy atom. The van der Waals surface area contributed by atoms with E-state index in [0.717, 1.165) is 15.7 Å². The second-order valence-corrected chi connectivity index (χ2v) is 7.03. The van der Waals surface area contributed by atoms with Crippen molar-refractivity contribution in [3.8, 4) is 0 Å². The van der Waals surface area contributed by atoms with E-state index in [1.165, 1.54) is 0 Å². The summed E-state index contributed by atoms with van der Waals surface area (Å²) in [6, 6.07) is 9.35. The monoisotopic (exact) mass is 396 g/mol. The highest BCUT2D eigenvalue weighted by Gasteiger charge is 2.11. The fourth-order valence-corrected chi connectivity index (χ4v) is 3.44. The highest BCUT2D eigenvalue weighted by molar-refractivity contribution is 9.10. The topological polar surface area (TPSA) is 71.3 Å². The summed E-state index contributed by atoms with van der Waals surface area (Å²) in [5.41, 5.74) is 2.34. The summed E-state index contributed by atoms with van der Waals surface area (Å²) >= 11 is 4.91. The van der Waals surface area contributed by atoms with E-state index in [4.69, 9.17) is 5.11 Å². The third-order valence-electron chi connectivity index (χ3n) is 3.12. The zero-order valence-corrected chi connectivity index (χ0v) is 15.0. The molecule has 1 amide bonds. The van der Waals surface area contributed by atoms with Crippen molar-refractivity contribution in [1.82, 2.24) is 4.57 Å². The molecule has 1 aromatic heterocycles. The molecule has 0 atom stereocenters. The molecule has 2 rings (SSSR count). The van der Waals surface area contributed by atoms with Gasteiger partial charge in [0.25, 0.3) is 5.91 Å². The molecule has 0 spiro atoms. The van der Waals surface area contributed by atoms with Gasteiger partial charge in [-0.3, -0.25) is 9.59 Å². The number of aliphatic carboxylic acids is 1. The summed E-state index contributed by atoms with van der Waals surface area (Å²) in [7, 11) is 1.81. The Morgan fingerprint density at radius 3 is 2.78 bits per heavy atom. The molecule has 0 saturated carbocycles. The molecule has 0 radical (unpaired) electrons. The van der Waals surface area contributed by atoms with Crippen molar-refractivity contribution >= 4 is 45.3 Å². The minimum Gasteiger partial charge on any atom is -0.481 e. The molecule has 23 heavy (non-hydrogen) atoms. The lowest BCUT2D eigenvalue weighted by atomic mass is 10.2. The van der Waals surface area contributed by atoms with Gasteiger partial charge in [-0.05, 0) is 39.7 Å². The Bertz CT molecular complexity index is 715. The molecule has 7 heteroatoms. The van der Waals surface area contributed by atoms with Crippen molar-refractivity contribution in [3.05, 3.63) is 52.3 Å². The van der Waals surface area contributed by atoms with Crippen LogP contribution in [-0.4, -0.2) is 27.3 Å². The largest absolute Gasteiger partial charge is 0.481 e. The molecular formula is C16H17BrN2O3S. The van der Waals surface area contributed by atoms with Crippen molar-refractivity contribution in [2.45, 2.75) is 12.2 Å². The van der Waals surface area contributed by atoms with E-state index in [0.29, 0.717) is 17.2 Å². The zero-order chi connectivity index (χ0) is 16.8. The summed E-state index contributed by atoms with van der Waals surface area (Å²) in [6.45, 7) is 0. The first-order chi connectivity index (χ1) is 11.0. The van der Waals surface area contributed by atoms with Crippen molar-refractivity contribution in [1.29, 1.82) is 0 Å². The van der Waals surface area contributed by atoms with E-state index in [9.17, 15) is 9.59 Å². The Morgan fingerprint density at radius 2 is 2.13 bits per heavy atom. The van der Waals surface area contributed by atoms with Crippen LogP contribution in [-0.2, 0) is 17.6 Å². The van der Waals surface area contributed by atoms with Crippen LogP contribution in [0.3, 0.4) is 0 Å². The van der Waals surface area contributed by atoms with Crippen LogP contribution in [0.2, 0.25) is 0 Å². The number of hydrogen-bond donors (Lipinski definition) is 2. The van der Waals surface area contributed by atoms with E-state index >= 15 is 0 Å². The number of hydrogen-bond acceptors (Lipinski definition) is 3. The van der Waals surface area contributed by atoms with Crippen LogP contribution in [0.1, 0.15) is 22.5 Å². The molecule has 0 aliphatic rings. The highest BCUT2D eigenvalue weighted by atomic mass is 79.9. The number of benzene rings is 1. The molecule has 0 bridgehead atoms. The summed E-state index contributed by atoms with van der Waals surface area (Å²) in [6.07, 6.45) is 1.98. The normalized spacial score (nSPS) is 10.5. The first kappa shape index (κ1) is 17.6. The Balaban J connectivity index is 1.95. The molecule has 1 aromatic carbocycles. The SMILES string of the molecule is Cn1cc(Br)cc1C(=O)Nc1cccc(CSCCC(=O)O)c1. The Labute approximate surface area is 147 Å². The number of carbonyl (C=O) groups excluding carboxylic acids is 1. The fraction of sp³-hybridized carbons (Fsp3) is 0.250. The van der Waals surface area contributed by atoms with Gasteiger partial charge in [0, 0.05) is 34.9 Å². The lowest BCUT2D eigenvalue weighted by Gasteiger charge is -2.08. The third-order valence-corrected chi connectivity index (χ3v) is 4.58. The quantitative estimate of drug-likeness (QED) is 0.699. The molecule has 0 aliphatic heterocycles. The third kappa shape index (κ3) is 5.44. The van der Waals surface area contributed by atoms with E-state index < -0.39 is 5.97 Å². The Kier molecular flexibility index (Phi) is 6.29. The van der Waals surface area contributed by atoms with Gasteiger partial charge in [-0.2, -0.15) is 11.8 Å². The highest BCUT2D eigenvalue weighted by Crippen LogP contribution is 2.19. The number of thioether (sulfide) groups is 1. The van der Waals surface area contributed by atoms with Crippen LogP contribution in [0.5, 0.6) is 0 Å². The minimum atomic E-state index is -0.785. The number of aromatic nitrogens is 1. The number of carboxylic acids is 1. The van der Waals surface area contributed by atoms with E-state index in [1.54, 1.807) is 22.4 Å². The van der Waals surface area contributed by atoms with Crippen molar-refractivity contribution in [2.75, 3.05) is 11.1 Å². The molecule has 0 aliphatic carbocycles. The number of carboxylic acid groups (broad SMARTS) is 1. The van der Waals surface area contributed by atoms with Crippen LogP contribution in [0, 0.1) is 0 Å². The van der Waals surface area contributed by atoms with E-state index in [-0.39, 0.29) is 12.3 Å². The smallest absolute Gasteiger partial charge is 0.304 e. The number of carbonyl (C=O) groups is 2. The standard InChI is InChI=1S/C16H17BrN2O3S/c1-19-9-12(17)8-14(19)16(22)18-13-4-2-3-11(7-13)10-23-6-5-15(20)21/h2-4,7-9H,5-6,10H2,1H3,(H,18,22)(H,20,21). The molecule has 122 valence electrons. The molecule has 5 nitrogen and oxygen atoms in total. The van der Waals surface area contributed by atoms with Crippen molar-refractivity contribution < 1.29 is 14.7 Å². The van der Waals surface area contributed by atoms with E-state index in [1.807, 2.05) is 37.5 Å². The maximum Gasteiger partial charge on any atom is 0.304 e. The molecule has 0 fully saturated rings. The number of aryl methyl sites for hydroxylation is 1. The molecular weight excluding hydrogens is 380 g/mol. The van der Waals surface area contributed by atoms with Gasteiger partial charge < -0.3 is 15.0 Å². The summed E-state index contributed by atoms with van der Waals surface area (Å²) < 4.78 is 2.61. The summed E-state index contributed by atoms with van der Waals surface area (Å²) in [4.78, 5) is 22.8. The second kappa shape index (κ2) is 8.21. The van der Waals surface area contributed by atoms with Crippen LogP contribution in [0.15, 0.2) is 41.0 Å². The van der Waals surface area contributed by atoms with Crippen molar-refractivity contribution in [2.24, 2.45) is 7.05 Å². The van der Waals surface area contributed by atoms with Crippen LogP contribution in [0.25, 0.3) is 0 Å². The molecule has 2 aromatic rings. The van der Waals surface area contributed by atoms with E-state index in [2.05, 4.69) is 21.2 Å². The number of amides is 1. The average molecular weight is 397 g/mol.